The van der Waals surface area contributed by atoms with Gasteiger partial charge in [0.15, 0.2) is 6.54 Å². The first-order chi connectivity index (χ1) is 9.95. The summed E-state index contributed by atoms with van der Waals surface area (Å²) in [7, 11) is 0. The van der Waals surface area contributed by atoms with E-state index in [-0.39, 0.29) is 36.0 Å². The zero-order valence-corrected chi connectivity index (χ0v) is 12.2. The van der Waals surface area contributed by atoms with Crippen molar-refractivity contribution >= 4 is 17.3 Å². The molecule has 0 aliphatic carbocycles. The molecule has 0 aromatic heterocycles. The number of nitro benzene ring substituents is 1. The molecule has 7 heteroatoms. The van der Waals surface area contributed by atoms with Crippen LogP contribution in [0.3, 0.4) is 0 Å². The number of nitrogens with one attached hydrogen (secondary N) is 2. The molecule has 1 heterocycles. The van der Waals surface area contributed by atoms with Crippen LogP contribution in [0.2, 0.25) is 0 Å². The van der Waals surface area contributed by atoms with Gasteiger partial charge in [0.25, 0.3) is 11.6 Å². The Balaban J connectivity index is 1.97. The van der Waals surface area contributed by atoms with Gasteiger partial charge in [0.1, 0.15) is 31.0 Å². The number of hydrogen-bond acceptors (Lipinski definition) is 4. The van der Waals surface area contributed by atoms with E-state index in [9.17, 15) is 14.9 Å². The van der Waals surface area contributed by atoms with Crippen LogP contribution in [0, 0.1) is 10.1 Å². The van der Waals surface area contributed by atoms with E-state index in [2.05, 4.69) is 5.32 Å². The largest absolute Gasteiger partial charge is 0.364 e. The van der Waals surface area contributed by atoms with Gasteiger partial charge in [-0.2, -0.15) is 0 Å². The van der Waals surface area contributed by atoms with Crippen molar-refractivity contribution in [1.29, 1.82) is 0 Å². The lowest BCUT2D eigenvalue weighted by Crippen LogP contribution is -3.16. The molecule has 2 rings (SSSR count). The van der Waals surface area contributed by atoms with Crippen molar-refractivity contribution in [2.45, 2.75) is 26.1 Å². The normalized spacial score (nSPS) is 25.3. The molecule has 0 saturated carbocycles. The number of quaternary nitrogens is 1. The Hall–Kier alpha value is -1.99. The van der Waals surface area contributed by atoms with Crippen molar-refractivity contribution in [3.63, 3.8) is 0 Å². The molecule has 2 N–H and O–H groups in total. The van der Waals surface area contributed by atoms with E-state index in [4.69, 9.17) is 4.74 Å². The molecule has 1 unspecified atom stereocenters. The second kappa shape index (κ2) is 6.64. The van der Waals surface area contributed by atoms with Crippen LogP contribution in [0.5, 0.6) is 0 Å². The summed E-state index contributed by atoms with van der Waals surface area (Å²) in [6.45, 7) is 5.76. The molecule has 1 aromatic carbocycles. The Morgan fingerprint density at radius 2 is 2.00 bits per heavy atom. The summed E-state index contributed by atoms with van der Waals surface area (Å²) in [5.74, 6) is -0.222. The molecule has 7 nitrogen and oxygen atoms in total. The van der Waals surface area contributed by atoms with Crippen molar-refractivity contribution in [1.82, 2.24) is 0 Å². The van der Waals surface area contributed by atoms with Gasteiger partial charge in [0, 0.05) is 6.07 Å². The monoisotopic (exact) mass is 294 g/mol. The number of anilines is 1. The third kappa shape index (κ3) is 4.24. The number of benzene rings is 1. The minimum Gasteiger partial charge on any atom is -0.364 e. The summed E-state index contributed by atoms with van der Waals surface area (Å²) in [6.07, 6.45) is 0.227. The molecular weight excluding hydrogens is 274 g/mol. The smallest absolute Gasteiger partial charge is 0.292 e. The Morgan fingerprint density at radius 1 is 1.38 bits per heavy atom. The predicted molar refractivity (Wildman–Crippen MR) is 77.3 cm³/mol. The molecule has 3 atom stereocenters. The standard InChI is InChI=1S/C14H19N3O4/c1-10-7-16(8-11(2)21-10)9-14(18)15-12-5-3-4-6-13(12)17(19)20/h3-6,10-11H,7-9H2,1-2H3,(H,15,18)/p+1/t10-,11+. The molecule has 0 bridgehead atoms. The maximum atomic E-state index is 12.1. The van der Waals surface area contributed by atoms with Crippen molar-refractivity contribution < 1.29 is 19.4 Å². The highest BCUT2D eigenvalue weighted by atomic mass is 16.6. The van der Waals surface area contributed by atoms with E-state index >= 15 is 0 Å². The van der Waals surface area contributed by atoms with E-state index in [1.807, 2.05) is 13.8 Å². The molecule has 1 aliphatic rings. The molecule has 1 amide bonds. The number of carbonyl (C=O) groups is 1. The van der Waals surface area contributed by atoms with E-state index in [1.54, 1.807) is 12.1 Å². The van der Waals surface area contributed by atoms with E-state index < -0.39 is 4.92 Å². The number of amides is 1. The predicted octanol–water partition coefficient (Wildman–Crippen LogP) is 0.225. The number of nitrogens with zero attached hydrogens (tertiary/aromatic N) is 1. The number of morpholine rings is 1. The first kappa shape index (κ1) is 15.4. The Labute approximate surface area is 123 Å². The Bertz CT molecular complexity index is 525. The highest BCUT2D eigenvalue weighted by molar-refractivity contribution is 5.93. The van der Waals surface area contributed by atoms with Gasteiger partial charge in [-0.05, 0) is 19.9 Å². The molecule has 0 spiro atoms. The average Bonchev–Trinajstić information content (AvgIpc) is 2.37. The summed E-state index contributed by atoms with van der Waals surface area (Å²) >= 11 is 0. The fourth-order valence-electron chi connectivity index (χ4n) is 2.69. The molecular formula is C14H20N3O4+. The number of carbonyl (C=O) groups excluding carboxylic acids is 1. The molecule has 21 heavy (non-hydrogen) atoms. The van der Waals surface area contributed by atoms with Gasteiger partial charge in [-0.1, -0.05) is 12.1 Å². The van der Waals surface area contributed by atoms with E-state index in [1.165, 1.54) is 12.1 Å². The molecule has 1 aromatic rings. The fourth-order valence-corrected chi connectivity index (χ4v) is 2.69. The van der Waals surface area contributed by atoms with Crippen LogP contribution in [-0.2, 0) is 9.53 Å². The van der Waals surface area contributed by atoms with Crippen LogP contribution in [0.25, 0.3) is 0 Å². The Kier molecular flexibility index (Phi) is 4.87. The van der Waals surface area contributed by atoms with Gasteiger partial charge in [-0.3, -0.25) is 14.9 Å². The topological polar surface area (TPSA) is 85.9 Å². The van der Waals surface area contributed by atoms with E-state index in [0.717, 1.165) is 18.0 Å². The SMILES string of the molecule is C[C@@H]1C[NH+](CC(=O)Nc2ccccc2[N+](=O)[O-])C[C@H](C)O1. The molecule has 114 valence electrons. The zero-order chi connectivity index (χ0) is 15.4. The van der Waals surface area contributed by atoms with Crippen LogP contribution < -0.4 is 10.2 Å². The fraction of sp³-hybridized carbons (Fsp3) is 0.500. The van der Waals surface area contributed by atoms with Crippen molar-refractivity contribution in [3.8, 4) is 0 Å². The number of ether oxygens (including phenoxy) is 1. The lowest BCUT2D eigenvalue weighted by molar-refractivity contribution is -0.907. The number of nitro groups is 1. The summed E-state index contributed by atoms with van der Waals surface area (Å²) in [5.41, 5.74) is 0.144. The molecule has 1 saturated heterocycles. The van der Waals surface area contributed by atoms with Crippen LogP contribution in [-0.4, -0.2) is 42.7 Å². The second-order valence-electron chi connectivity index (χ2n) is 5.41. The lowest BCUT2D eigenvalue weighted by Gasteiger charge is -2.31. The number of rotatable bonds is 4. The van der Waals surface area contributed by atoms with E-state index in [0.29, 0.717) is 0 Å². The molecule has 1 aliphatic heterocycles. The lowest BCUT2D eigenvalue weighted by atomic mass is 10.2. The van der Waals surface area contributed by atoms with Crippen molar-refractivity contribution in [2.75, 3.05) is 25.0 Å². The van der Waals surface area contributed by atoms with Crippen LogP contribution >= 0.6 is 0 Å². The summed E-state index contributed by atoms with van der Waals surface area (Å²) in [5, 5.41) is 13.5. The molecule has 1 fully saturated rings. The van der Waals surface area contributed by atoms with Gasteiger partial charge in [-0.15, -0.1) is 0 Å². The van der Waals surface area contributed by atoms with Crippen LogP contribution in [0.15, 0.2) is 24.3 Å². The van der Waals surface area contributed by atoms with Crippen molar-refractivity contribution in [3.05, 3.63) is 34.4 Å². The Morgan fingerprint density at radius 3 is 2.62 bits per heavy atom. The van der Waals surface area contributed by atoms with Gasteiger partial charge in [0.2, 0.25) is 0 Å². The van der Waals surface area contributed by atoms with Crippen LogP contribution in [0.1, 0.15) is 13.8 Å². The highest BCUT2D eigenvalue weighted by Crippen LogP contribution is 2.22. The number of hydrogen-bond donors (Lipinski definition) is 2. The van der Waals surface area contributed by atoms with Gasteiger partial charge >= 0.3 is 0 Å². The first-order valence-corrected chi connectivity index (χ1v) is 6.98. The van der Waals surface area contributed by atoms with Crippen LogP contribution in [0.4, 0.5) is 11.4 Å². The quantitative estimate of drug-likeness (QED) is 0.614. The third-order valence-corrected chi connectivity index (χ3v) is 3.40. The number of para-hydroxylation sites is 2. The first-order valence-electron chi connectivity index (χ1n) is 6.98. The minimum atomic E-state index is -0.499. The zero-order valence-electron chi connectivity index (χ0n) is 12.2. The van der Waals surface area contributed by atoms with Gasteiger partial charge < -0.3 is 15.0 Å². The summed E-state index contributed by atoms with van der Waals surface area (Å²) in [6, 6.07) is 6.15. The average molecular weight is 294 g/mol. The second-order valence-corrected chi connectivity index (χ2v) is 5.41. The maximum Gasteiger partial charge on any atom is 0.292 e. The summed E-state index contributed by atoms with van der Waals surface area (Å²) < 4.78 is 5.62. The van der Waals surface area contributed by atoms with Gasteiger partial charge in [0.05, 0.1) is 4.92 Å². The highest BCUT2D eigenvalue weighted by Gasteiger charge is 2.27. The van der Waals surface area contributed by atoms with Crippen molar-refractivity contribution in [2.24, 2.45) is 0 Å². The summed E-state index contributed by atoms with van der Waals surface area (Å²) in [4.78, 5) is 23.6. The third-order valence-electron chi connectivity index (χ3n) is 3.40. The maximum absolute atomic E-state index is 12.1. The van der Waals surface area contributed by atoms with Gasteiger partial charge in [-0.25, -0.2) is 0 Å². The minimum absolute atomic E-state index is 0.0930. The molecule has 0 radical (unpaired) electrons.